The number of ether oxygens (including phenoxy) is 1. The molecule has 0 spiro atoms. The van der Waals surface area contributed by atoms with E-state index in [0.717, 1.165) is 24.8 Å². The summed E-state index contributed by atoms with van der Waals surface area (Å²) in [6.45, 7) is 3.59. The largest absolute Gasteiger partial charge is 0.481 e. The molecule has 0 fully saturated rings. The first-order chi connectivity index (χ1) is 10.6. The Labute approximate surface area is 136 Å². The summed E-state index contributed by atoms with van der Waals surface area (Å²) in [7, 11) is 0. The molecule has 2 atom stereocenters. The van der Waals surface area contributed by atoms with Crippen LogP contribution in [0.1, 0.15) is 31.7 Å². The summed E-state index contributed by atoms with van der Waals surface area (Å²) < 4.78 is 5.65. The number of halogens is 1. The quantitative estimate of drug-likeness (QED) is 0.508. The molecule has 0 bridgehead atoms. The maximum absolute atomic E-state index is 12.0. The fourth-order valence-electron chi connectivity index (χ4n) is 2.24. The lowest BCUT2D eigenvalue weighted by Crippen LogP contribution is -2.33. The number of amides is 1. The first-order valence-electron chi connectivity index (χ1n) is 7.47. The van der Waals surface area contributed by atoms with Crippen LogP contribution in [-0.4, -0.2) is 18.2 Å². The third-order valence-corrected chi connectivity index (χ3v) is 3.81. The lowest BCUT2D eigenvalue weighted by atomic mass is 9.96. The molecule has 0 saturated heterocycles. The molecule has 118 valence electrons. The molecule has 5 heteroatoms. The molecule has 1 aromatic carbocycles. The minimum Gasteiger partial charge on any atom is -0.481 e. The Bertz CT molecular complexity index is 584. The number of allylic oxidation sites excluding steroid dienone is 2. The van der Waals surface area contributed by atoms with Crippen molar-refractivity contribution in [3.63, 3.8) is 0 Å². The molecule has 22 heavy (non-hydrogen) atoms. The molecule has 1 amide bonds. The summed E-state index contributed by atoms with van der Waals surface area (Å²) in [6.07, 6.45) is 8.64. The highest BCUT2D eigenvalue weighted by molar-refractivity contribution is 6.30. The average molecular weight is 321 g/mol. The second kappa shape index (κ2) is 7.99. The van der Waals surface area contributed by atoms with Crippen LogP contribution in [0.5, 0.6) is 5.75 Å². The van der Waals surface area contributed by atoms with Gasteiger partial charge in [0.05, 0.1) is 0 Å². The molecule has 1 N–H and O–H groups in total. The van der Waals surface area contributed by atoms with Gasteiger partial charge in [-0.25, -0.2) is 5.43 Å². The summed E-state index contributed by atoms with van der Waals surface area (Å²) in [4.78, 5) is 12.0. The van der Waals surface area contributed by atoms with E-state index in [1.165, 1.54) is 0 Å². The second-order valence-corrected chi connectivity index (χ2v) is 5.91. The monoisotopic (exact) mass is 320 g/mol. The van der Waals surface area contributed by atoms with E-state index in [-0.39, 0.29) is 5.91 Å². The molecular weight excluding hydrogens is 300 g/mol. The molecule has 2 rings (SSSR count). The predicted molar refractivity (Wildman–Crippen MR) is 89.4 cm³/mol. The van der Waals surface area contributed by atoms with E-state index in [4.69, 9.17) is 16.3 Å². The van der Waals surface area contributed by atoms with Crippen molar-refractivity contribution >= 4 is 23.7 Å². The first kappa shape index (κ1) is 16.6. The van der Waals surface area contributed by atoms with E-state index < -0.39 is 6.10 Å². The summed E-state index contributed by atoms with van der Waals surface area (Å²) in [5, 5.41) is 4.68. The molecule has 0 radical (unpaired) electrons. The van der Waals surface area contributed by atoms with Crippen LogP contribution in [0.2, 0.25) is 5.02 Å². The van der Waals surface area contributed by atoms with Gasteiger partial charge in [0.15, 0.2) is 6.10 Å². The zero-order valence-corrected chi connectivity index (χ0v) is 13.6. The van der Waals surface area contributed by atoms with Crippen LogP contribution in [0.15, 0.2) is 35.5 Å². The number of carbonyl (C=O) groups excluding carboxylic acids is 1. The maximum atomic E-state index is 12.0. The van der Waals surface area contributed by atoms with Gasteiger partial charge < -0.3 is 4.74 Å². The van der Waals surface area contributed by atoms with E-state index in [2.05, 4.69) is 22.7 Å². The number of benzene rings is 1. The van der Waals surface area contributed by atoms with Crippen LogP contribution in [-0.2, 0) is 4.79 Å². The number of hydrogen-bond acceptors (Lipinski definition) is 3. The van der Waals surface area contributed by atoms with E-state index in [1.807, 2.05) is 13.1 Å². The highest BCUT2D eigenvalue weighted by Crippen LogP contribution is 2.22. The standard InChI is InChI=1S/C17H21ClN2O2/c1-12-10-15(18)8-9-16(12)22-13(2)17(21)20-19-11-14-6-4-3-5-7-14/h3-4,8-11,13-14H,5-7H2,1-2H3,(H,20,21). The number of carbonyl (C=O) groups is 1. The number of hydrogen-bond donors (Lipinski definition) is 1. The van der Waals surface area contributed by atoms with E-state index in [9.17, 15) is 4.79 Å². The molecule has 1 aliphatic rings. The van der Waals surface area contributed by atoms with E-state index in [1.54, 1.807) is 25.1 Å². The van der Waals surface area contributed by atoms with Crippen LogP contribution >= 0.6 is 11.6 Å². The third-order valence-electron chi connectivity index (χ3n) is 3.58. The van der Waals surface area contributed by atoms with Crippen molar-refractivity contribution in [3.8, 4) is 5.75 Å². The van der Waals surface area contributed by atoms with Crippen molar-refractivity contribution in [3.05, 3.63) is 40.9 Å². The minimum atomic E-state index is -0.622. The van der Waals surface area contributed by atoms with Gasteiger partial charge in [0.25, 0.3) is 5.91 Å². The fourth-order valence-corrected chi connectivity index (χ4v) is 2.47. The Hall–Kier alpha value is -1.81. The Balaban J connectivity index is 1.83. The predicted octanol–water partition coefficient (Wildman–Crippen LogP) is 3.87. The Kier molecular flexibility index (Phi) is 6.01. The van der Waals surface area contributed by atoms with Gasteiger partial charge in [-0.15, -0.1) is 0 Å². The van der Waals surface area contributed by atoms with Crippen molar-refractivity contribution in [1.29, 1.82) is 0 Å². The SMILES string of the molecule is Cc1cc(Cl)ccc1OC(C)C(=O)NN=CC1CC=CCC1. The van der Waals surface area contributed by atoms with Crippen molar-refractivity contribution in [2.75, 3.05) is 0 Å². The van der Waals surface area contributed by atoms with Crippen molar-refractivity contribution in [2.45, 2.75) is 39.2 Å². The van der Waals surface area contributed by atoms with Crippen molar-refractivity contribution < 1.29 is 9.53 Å². The summed E-state index contributed by atoms with van der Waals surface area (Å²) in [6, 6.07) is 5.30. The number of rotatable bonds is 5. The van der Waals surface area contributed by atoms with Gasteiger partial charge in [-0.2, -0.15) is 5.10 Å². The number of nitrogens with one attached hydrogen (secondary N) is 1. The molecule has 0 aromatic heterocycles. The smallest absolute Gasteiger partial charge is 0.280 e. The zero-order valence-electron chi connectivity index (χ0n) is 12.9. The minimum absolute atomic E-state index is 0.267. The normalized spacial score (nSPS) is 19.1. The molecule has 2 unspecified atom stereocenters. The highest BCUT2D eigenvalue weighted by atomic mass is 35.5. The molecule has 0 aliphatic heterocycles. The summed E-state index contributed by atoms with van der Waals surface area (Å²) >= 11 is 5.90. The highest BCUT2D eigenvalue weighted by Gasteiger charge is 2.15. The molecule has 1 aliphatic carbocycles. The zero-order chi connectivity index (χ0) is 15.9. The van der Waals surface area contributed by atoms with E-state index >= 15 is 0 Å². The average Bonchev–Trinajstić information content (AvgIpc) is 2.51. The maximum Gasteiger partial charge on any atom is 0.280 e. The van der Waals surface area contributed by atoms with Crippen LogP contribution in [0.4, 0.5) is 0 Å². The van der Waals surface area contributed by atoms with Crippen LogP contribution in [0.3, 0.4) is 0 Å². The molecule has 0 heterocycles. The van der Waals surface area contributed by atoms with Crippen LogP contribution in [0.25, 0.3) is 0 Å². The number of aryl methyl sites for hydroxylation is 1. The summed E-state index contributed by atoms with van der Waals surface area (Å²) in [5.41, 5.74) is 3.43. The topological polar surface area (TPSA) is 50.7 Å². The lowest BCUT2D eigenvalue weighted by Gasteiger charge is -2.15. The third kappa shape index (κ3) is 4.88. The van der Waals surface area contributed by atoms with Gasteiger partial charge >= 0.3 is 0 Å². The first-order valence-corrected chi connectivity index (χ1v) is 7.85. The van der Waals surface area contributed by atoms with Gasteiger partial charge in [-0.3, -0.25) is 4.79 Å². The van der Waals surface area contributed by atoms with Gasteiger partial charge in [0.1, 0.15) is 5.75 Å². The van der Waals surface area contributed by atoms with Gasteiger partial charge in [-0.05, 0) is 62.8 Å². The Morgan fingerprint density at radius 1 is 1.50 bits per heavy atom. The fraction of sp³-hybridized carbons (Fsp3) is 0.412. The molecule has 1 aromatic rings. The van der Waals surface area contributed by atoms with Crippen molar-refractivity contribution in [1.82, 2.24) is 5.43 Å². The summed E-state index contributed by atoms with van der Waals surface area (Å²) in [5.74, 6) is 0.783. The molecular formula is C17H21ClN2O2. The van der Waals surface area contributed by atoms with Crippen LogP contribution in [0, 0.1) is 12.8 Å². The van der Waals surface area contributed by atoms with Crippen molar-refractivity contribution in [2.24, 2.45) is 11.0 Å². The second-order valence-electron chi connectivity index (χ2n) is 5.47. The lowest BCUT2D eigenvalue weighted by molar-refractivity contribution is -0.127. The van der Waals surface area contributed by atoms with E-state index in [0.29, 0.717) is 16.7 Å². The number of hydrazone groups is 1. The van der Waals surface area contributed by atoms with Gasteiger partial charge in [-0.1, -0.05) is 23.8 Å². The molecule has 0 saturated carbocycles. The van der Waals surface area contributed by atoms with Gasteiger partial charge in [0, 0.05) is 11.2 Å². The van der Waals surface area contributed by atoms with Gasteiger partial charge in [0.2, 0.25) is 0 Å². The Morgan fingerprint density at radius 3 is 3.00 bits per heavy atom. The molecule has 4 nitrogen and oxygen atoms in total. The van der Waals surface area contributed by atoms with Crippen LogP contribution < -0.4 is 10.2 Å². The Morgan fingerprint density at radius 2 is 2.32 bits per heavy atom. The number of nitrogens with zero attached hydrogens (tertiary/aromatic N) is 1.